The number of amides is 1. The largest absolute Gasteiger partial charge is 0.347 e. The van der Waals surface area contributed by atoms with Crippen molar-refractivity contribution >= 4 is 29.2 Å². The smallest absolute Gasteiger partial charge is 0.223 e. The van der Waals surface area contributed by atoms with Gasteiger partial charge in [0.25, 0.3) is 0 Å². The molecule has 0 spiro atoms. The Morgan fingerprint density at radius 2 is 1.74 bits per heavy atom. The molecule has 1 amide bonds. The van der Waals surface area contributed by atoms with Gasteiger partial charge in [-0.25, -0.2) is 0 Å². The predicted molar refractivity (Wildman–Crippen MR) is 147 cm³/mol. The van der Waals surface area contributed by atoms with Gasteiger partial charge in [-0.05, 0) is 55.7 Å². The maximum Gasteiger partial charge on any atom is 0.223 e. The number of nitrogens with zero attached hydrogens (tertiary/aromatic N) is 2. The molecule has 5 rings (SSSR count). The van der Waals surface area contributed by atoms with Gasteiger partial charge in [0.05, 0.1) is 0 Å². The molecule has 2 N–H and O–H groups in total. The summed E-state index contributed by atoms with van der Waals surface area (Å²) < 4.78 is 2.48. The number of benzene rings is 2. The van der Waals surface area contributed by atoms with Gasteiger partial charge in [0.1, 0.15) is 0 Å². The number of rotatable bonds is 6. The number of aromatic nitrogens is 1. The van der Waals surface area contributed by atoms with E-state index >= 15 is 0 Å². The summed E-state index contributed by atoms with van der Waals surface area (Å²) in [6.45, 7) is 4.79. The third kappa shape index (κ3) is 5.92. The minimum Gasteiger partial charge on any atom is -0.347 e. The van der Waals surface area contributed by atoms with Crippen molar-refractivity contribution in [2.24, 2.45) is 11.7 Å². The Morgan fingerprint density at radius 3 is 2.49 bits per heavy atom. The Kier molecular flexibility index (Phi) is 8.56. The van der Waals surface area contributed by atoms with E-state index in [9.17, 15) is 4.79 Å². The van der Waals surface area contributed by atoms with E-state index < -0.39 is 0 Å². The summed E-state index contributed by atoms with van der Waals surface area (Å²) in [6, 6.07) is 17.7. The average Bonchev–Trinajstić information content (AvgIpc) is 3.21. The highest BCUT2D eigenvalue weighted by Gasteiger charge is 2.27. The van der Waals surface area contributed by atoms with Crippen LogP contribution in [0.3, 0.4) is 0 Å². The Labute approximate surface area is 216 Å². The van der Waals surface area contributed by atoms with E-state index in [1.54, 1.807) is 0 Å². The van der Waals surface area contributed by atoms with Crippen LogP contribution in [0.15, 0.2) is 54.7 Å². The number of para-hydroxylation sites is 1. The number of aryl methyl sites for hydroxylation is 1. The van der Waals surface area contributed by atoms with Crippen LogP contribution in [0.4, 0.5) is 0 Å². The Bertz CT molecular complexity index is 1130. The number of carbonyl (C=O) groups is 1. The van der Waals surface area contributed by atoms with Crippen LogP contribution in [0, 0.1) is 12.8 Å². The fraction of sp³-hybridized carbons (Fsp3) is 0.500. The summed E-state index contributed by atoms with van der Waals surface area (Å²) in [5.41, 5.74) is 11.2. The molecule has 1 atom stereocenters. The number of carbonyl (C=O) groups excluding carboxylic acids is 1. The van der Waals surface area contributed by atoms with Crippen molar-refractivity contribution in [2.45, 2.75) is 76.8 Å². The van der Waals surface area contributed by atoms with E-state index in [4.69, 9.17) is 5.73 Å². The maximum atomic E-state index is 13.5. The lowest BCUT2D eigenvalue weighted by Gasteiger charge is -2.31. The summed E-state index contributed by atoms with van der Waals surface area (Å²) in [7, 11) is 0. The third-order valence-corrected chi connectivity index (χ3v) is 8.09. The first-order chi connectivity index (χ1) is 16.6. The van der Waals surface area contributed by atoms with Gasteiger partial charge in [0, 0.05) is 55.1 Å². The highest BCUT2D eigenvalue weighted by Crippen LogP contribution is 2.37. The van der Waals surface area contributed by atoms with Gasteiger partial charge in [0.15, 0.2) is 0 Å². The molecule has 35 heavy (non-hydrogen) atoms. The van der Waals surface area contributed by atoms with Crippen molar-refractivity contribution in [3.05, 3.63) is 71.4 Å². The standard InChI is InChI=1S/C30H39N3O.ClH/c1-22-8-7-11-24(18-22)27(19-30(34)32-16-14-25(31)15-17-32)28-21-33(20-23-9-3-2-4-10-23)29-13-6-5-12-26(28)29;/h5-8,11-13,18,21,23,25,27H,2-4,9-10,14-17,19-20,31H2,1H3;1H. The normalized spacial score (nSPS) is 18.4. The molecule has 1 unspecified atom stereocenters. The molecule has 0 bridgehead atoms. The van der Waals surface area contributed by atoms with Gasteiger partial charge in [-0.15, -0.1) is 12.4 Å². The summed E-state index contributed by atoms with van der Waals surface area (Å²) in [5.74, 6) is 1.07. The lowest BCUT2D eigenvalue weighted by molar-refractivity contribution is -0.132. The van der Waals surface area contributed by atoms with Gasteiger partial charge in [-0.2, -0.15) is 0 Å². The molecule has 2 aliphatic rings. The van der Waals surface area contributed by atoms with Crippen molar-refractivity contribution < 1.29 is 4.79 Å². The first kappa shape index (κ1) is 25.8. The van der Waals surface area contributed by atoms with Crippen molar-refractivity contribution in [1.29, 1.82) is 0 Å². The van der Waals surface area contributed by atoms with E-state index in [1.807, 2.05) is 4.90 Å². The number of fused-ring (bicyclic) bond motifs is 1. The molecule has 1 aromatic heterocycles. The van der Waals surface area contributed by atoms with Crippen LogP contribution >= 0.6 is 12.4 Å². The number of piperidine rings is 1. The van der Waals surface area contributed by atoms with Crippen molar-refractivity contribution in [3.63, 3.8) is 0 Å². The molecule has 2 heterocycles. The van der Waals surface area contributed by atoms with Crippen molar-refractivity contribution in [2.75, 3.05) is 13.1 Å². The Hall–Kier alpha value is -2.30. The second-order valence-corrected chi connectivity index (χ2v) is 10.6. The minimum atomic E-state index is 0. The zero-order valence-electron chi connectivity index (χ0n) is 21.0. The quantitative estimate of drug-likeness (QED) is 0.430. The van der Waals surface area contributed by atoms with E-state index in [2.05, 4.69) is 66.2 Å². The molecule has 1 aliphatic carbocycles. The number of hydrogen-bond acceptors (Lipinski definition) is 2. The molecule has 2 aromatic carbocycles. The van der Waals surface area contributed by atoms with Crippen LogP contribution in [0.5, 0.6) is 0 Å². The van der Waals surface area contributed by atoms with Gasteiger partial charge in [-0.3, -0.25) is 4.79 Å². The van der Waals surface area contributed by atoms with Crippen molar-refractivity contribution in [3.8, 4) is 0 Å². The van der Waals surface area contributed by atoms with Crippen LogP contribution in [-0.2, 0) is 11.3 Å². The van der Waals surface area contributed by atoms with Gasteiger partial charge in [-0.1, -0.05) is 67.3 Å². The monoisotopic (exact) mass is 493 g/mol. The fourth-order valence-corrected chi connectivity index (χ4v) is 6.10. The molecule has 2 fully saturated rings. The fourth-order valence-electron chi connectivity index (χ4n) is 6.10. The molecule has 4 nitrogen and oxygen atoms in total. The lowest BCUT2D eigenvalue weighted by atomic mass is 9.87. The zero-order valence-corrected chi connectivity index (χ0v) is 21.8. The summed E-state index contributed by atoms with van der Waals surface area (Å²) >= 11 is 0. The molecule has 5 heteroatoms. The van der Waals surface area contributed by atoms with Gasteiger partial charge in [0.2, 0.25) is 5.91 Å². The Morgan fingerprint density at radius 1 is 1.00 bits per heavy atom. The second-order valence-electron chi connectivity index (χ2n) is 10.6. The predicted octanol–water partition coefficient (Wildman–Crippen LogP) is 6.42. The van der Waals surface area contributed by atoms with Crippen LogP contribution in [0.2, 0.25) is 0 Å². The highest BCUT2D eigenvalue weighted by molar-refractivity contribution is 5.87. The van der Waals surface area contributed by atoms with Crippen LogP contribution in [0.1, 0.15) is 74.0 Å². The summed E-state index contributed by atoms with van der Waals surface area (Å²) in [4.78, 5) is 15.5. The maximum absolute atomic E-state index is 13.5. The SMILES string of the molecule is Cc1cccc(C(CC(=O)N2CCC(N)CC2)c2cn(CC3CCCCC3)c3ccccc23)c1.Cl. The molecule has 3 aromatic rings. The van der Waals surface area contributed by atoms with Gasteiger partial charge < -0.3 is 15.2 Å². The average molecular weight is 494 g/mol. The third-order valence-electron chi connectivity index (χ3n) is 8.09. The molecular weight excluding hydrogens is 454 g/mol. The topological polar surface area (TPSA) is 51.3 Å². The molecule has 1 saturated carbocycles. The van der Waals surface area contributed by atoms with Crippen LogP contribution in [0.25, 0.3) is 10.9 Å². The van der Waals surface area contributed by atoms with E-state index in [-0.39, 0.29) is 30.3 Å². The van der Waals surface area contributed by atoms with E-state index in [1.165, 1.54) is 59.7 Å². The summed E-state index contributed by atoms with van der Waals surface area (Å²) in [6.07, 6.45) is 11.4. The number of hydrogen-bond donors (Lipinski definition) is 1. The van der Waals surface area contributed by atoms with E-state index in [0.717, 1.165) is 38.4 Å². The number of nitrogens with two attached hydrogens (primary N) is 1. The lowest BCUT2D eigenvalue weighted by Crippen LogP contribution is -2.43. The van der Waals surface area contributed by atoms with Crippen molar-refractivity contribution in [1.82, 2.24) is 9.47 Å². The minimum absolute atomic E-state index is 0. The first-order valence-corrected chi connectivity index (χ1v) is 13.3. The van der Waals surface area contributed by atoms with Gasteiger partial charge >= 0.3 is 0 Å². The molecule has 1 aliphatic heterocycles. The summed E-state index contributed by atoms with van der Waals surface area (Å²) in [5, 5.41) is 1.29. The second kappa shape index (κ2) is 11.6. The van der Waals surface area contributed by atoms with E-state index in [0.29, 0.717) is 6.42 Å². The number of likely N-dealkylation sites (tertiary alicyclic amines) is 1. The Balaban J connectivity index is 0.00000289. The molecule has 188 valence electrons. The van der Waals surface area contributed by atoms with Crippen LogP contribution in [-0.4, -0.2) is 34.5 Å². The molecule has 0 radical (unpaired) electrons. The number of halogens is 1. The first-order valence-electron chi connectivity index (χ1n) is 13.3. The highest BCUT2D eigenvalue weighted by atomic mass is 35.5. The van der Waals surface area contributed by atoms with Crippen LogP contribution < -0.4 is 5.73 Å². The zero-order chi connectivity index (χ0) is 23.5. The molecule has 1 saturated heterocycles. The molecular formula is C30H40ClN3O.